The number of nitrogens with zero attached hydrogens (tertiary/aromatic N) is 1. The summed E-state index contributed by atoms with van der Waals surface area (Å²) in [5, 5.41) is 0. The third-order valence-electron chi connectivity index (χ3n) is 3.28. The first-order valence-corrected chi connectivity index (χ1v) is 6.52. The summed E-state index contributed by atoms with van der Waals surface area (Å²) in [6.45, 7) is 9.00. The highest BCUT2D eigenvalue weighted by atomic mass is 16.5. The van der Waals surface area contributed by atoms with Gasteiger partial charge in [0, 0.05) is 18.5 Å². The Hall–Kier alpha value is -1.35. The Labute approximate surface area is 110 Å². The minimum Gasteiger partial charge on any atom is -0.497 e. The summed E-state index contributed by atoms with van der Waals surface area (Å²) in [7, 11) is 1.64. The van der Waals surface area contributed by atoms with E-state index in [4.69, 9.17) is 4.74 Å². The summed E-state index contributed by atoms with van der Waals surface area (Å²) in [5.74, 6) is 1.01. The van der Waals surface area contributed by atoms with Crippen LogP contribution in [0.5, 0.6) is 5.75 Å². The van der Waals surface area contributed by atoms with Crippen LogP contribution in [0.2, 0.25) is 0 Å². The van der Waals surface area contributed by atoms with E-state index in [1.54, 1.807) is 7.11 Å². The quantitative estimate of drug-likeness (QED) is 0.696. The van der Waals surface area contributed by atoms with Crippen LogP contribution in [0, 0.1) is 6.92 Å². The number of ether oxygens (including phenoxy) is 1. The fraction of sp³-hybridized carbons (Fsp3) is 0.533. The normalized spacial score (nSPS) is 10.7. The fourth-order valence-electron chi connectivity index (χ4n) is 2.01. The number of hydrogen-bond donors (Lipinski definition) is 0. The van der Waals surface area contributed by atoms with Gasteiger partial charge in [-0.3, -0.25) is 4.79 Å². The monoisotopic (exact) mass is 249 g/mol. The molecule has 1 aromatic rings. The molecule has 0 radical (unpaired) electrons. The summed E-state index contributed by atoms with van der Waals surface area (Å²) in [6, 6.07) is 5.61. The van der Waals surface area contributed by atoms with Gasteiger partial charge in [-0.25, -0.2) is 0 Å². The van der Waals surface area contributed by atoms with Crippen molar-refractivity contribution in [3.63, 3.8) is 0 Å². The summed E-state index contributed by atoms with van der Waals surface area (Å²) >= 11 is 0. The average molecular weight is 249 g/mol. The molecule has 0 aromatic heterocycles. The van der Waals surface area contributed by atoms with E-state index in [1.165, 1.54) is 0 Å². The molecule has 0 bridgehead atoms. The van der Waals surface area contributed by atoms with E-state index in [-0.39, 0.29) is 5.78 Å². The van der Waals surface area contributed by atoms with E-state index in [2.05, 4.69) is 18.7 Å². The molecule has 0 saturated carbocycles. The molecule has 0 N–H and O–H groups in total. The van der Waals surface area contributed by atoms with Crippen molar-refractivity contribution in [3.8, 4) is 5.75 Å². The van der Waals surface area contributed by atoms with Gasteiger partial charge in [-0.05, 0) is 43.8 Å². The highest BCUT2D eigenvalue weighted by molar-refractivity contribution is 5.97. The van der Waals surface area contributed by atoms with Gasteiger partial charge >= 0.3 is 0 Å². The molecule has 100 valence electrons. The van der Waals surface area contributed by atoms with E-state index < -0.39 is 0 Å². The lowest BCUT2D eigenvalue weighted by molar-refractivity contribution is 0.0966. The number of carbonyl (C=O) groups excluding carboxylic acids is 1. The average Bonchev–Trinajstić information content (AvgIpc) is 2.39. The van der Waals surface area contributed by atoms with Gasteiger partial charge in [-0.1, -0.05) is 13.8 Å². The fourth-order valence-corrected chi connectivity index (χ4v) is 2.01. The van der Waals surface area contributed by atoms with Crippen molar-refractivity contribution >= 4 is 5.78 Å². The SMILES string of the molecule is CCN(CC)CCC(=O)c1ccc(OC)cc1C. The van der Waals surface area contributed by atoms with E-state index >= 15 is 0 Å². The Bertz CT molecular complexity index is 397. The smallest absolute Gasteiger partial charge is 0.164 e. The van der Waals surface area contributed by atoms with Crippen LogP contribution in [0.15, 0.2) is 18.2 Å². The Morgan fingerprint density at radius 2 is 1.94 bits per heavy atom. The molecule has 3 heteroatoms. The van der Waals surface area contributed by atoms with Crippen molar-refractivity contribution < 1.29 is 9.53 Å². The van der Waals surface area contributed by atoms with E-state index in [0.29, 0.717) is 6.42 Å². The van der Waals surface area contributed by atoms with E-state index in [0.717, 1.165) is 36.5 Å². The summed E-state index contributed by atoms with van der Waals surface area (Å²) in [5.41, 5.74) is 1.79. The molecular formula is C15H23NO2. The lowest BCUT2D eigenvalue weighted by Crippen LogP contribution is -2.25. The zero-order valence-electron chi connectivity index (χ0n) is 11.8. The van der Waals surface area contributed by atoms with Crippen LogP contribution in [0.1, 0.15) is 36.2 Å². The Kier molecular flexibility index (Phi) is 5.86. The maximum Gasteiger partial charge on any atom is 0.164 e. The molecule has 3 nitrogen and oxygen atoms in total. The van der Waals surface area contributed by atoms with Gasteiger partial charge in [0.25, 0.3) is 0 Å². The first kappa shape index (κ1) is 14.7. The number of ketones is 1. The first-order valence-electron chi connectivity index (χ1n) is 6.52. The summed E-state index contributed by atoms with van der Waals surface area (Å²) in [4.78, 5) is 14.4. The Morgan fingerprint density at radius 3 is 2.44 bits per heavy atom. The van der Waals surface area contributed by atoms with Crippen LogP contribution in [-0.2, 0) is 0 Å². The molecule has 1 rings (SSSR count). The highest BCUT2D eigenvalue weighted by Crippen LogP contribution is 2.18. The van der Waals surface area contributed by atoms with Gasteiger partial charge in [0.1, 0.15) is 5.75 Å². The van der Waals surface area contributed by atoms with Gasteiger partial charge in [0.05, 0.1) is 7.11 Å². The molecule has 0 aliphatic heterocycles. The Morgan fingerprint density at radius 1 is 1.28 bits per heavy atom. The van der Waals surface area contributed by atoms with E-state index in [1.807, 2.05) is 25.1 Å². The molecule has 0 spiro atoms. The predicted molar refractivity (Wildman–Crippen MR) is 74.5 cm³/mol. The number of rotatable bonds is 7. The Balaban J connectivity index is 2.67. The van der Waals surface area contributed by atoms with Crippen LogP contribution < -0.4 is 4.74 Å². The molecule has 0 unspecified atom stereocenters. The maximum atomic E-state index is 12.1. The molecular weight excluding hydrogens is 226 g/mol. The number of carbonyl (C=O) groups is 1. The van der Waals surface area contributed by atoms with Crippen molar-refractivity contribution in [2.75, 3.05) is 26.7 Å². The minimum atomic E-state index is 0.210. The van der Waals surface area contributed by atoms with Crippen LogP contribution in [0.3, 0.4) is 0 Å². The van der Waals surface area contributed by atoms with Gasteiger partial charge in [-0.15, -0.1) is 0 Å². The molecule has 0 heterocycles. The third-order valence-corrected chi connectivity index (χ3v) is 3.28. The maximum absolute atomic E-state index is 12.1. The lowest BCUT2D eigenvalue weighted by atomic mass is 10.0. The molecule has 0 amide bonds. The van der Waals surface area contributed by atoms with Gasteiger partial charge in [0.2, 0.25) is 0 Å². The van der Waals surface area contributed by atoms with Gasteiger partial charge in [0.15, 0.2) is 5.78 Å². The van der Waals surface area contributed by atoms with Crippen molar-refractivity contribution in [2.24, 2.45) is 0 Å². The second kappa shape index (κ2) is 7.17. The number of Topliss-reactive ketones (excluding diaryl/α,β-unsaturated/α-hetero) is 1. The molecule has 0 aliphatic rings. The second-order valence-corrected chi connectivity index (χ2v) is 4.38. The number of hydrogen-bond acceptors (Lipinski definition) is 3. The molecule has 18 heavy (non-hydrogen) atoms. The summed E-state index contributed by atoms with van der Waals surface area (Å²) < 4.78 is 5.14. The largest absolute Gasteiger partial charge is 0.497 e. The van der Waals surface area contributed by atoms with Crippen molar-refractivity contribution in [3.05, 3.63) is 29.3 Å². The standard InChI is InChI=1S/C15H23NO2/c1-5-16(6-2)10-9-15(17)14-8-7-13(18-4)11-12(14)3/h7-8,11H,5-6,9-10H2,1-4H3. The topological polar surface area (TPSA) is 29.5 Å². The van der Waals surface area contributed by atoms with Crippen molar-refractivity contribution in [2.45, 2.75) is 27.2 Å². The predicted octanol–water partition coefficient (Wildman–Crippen LogP) is 2.92. The zero-order chi connectivity index (χ0) is 13.5. The van der Waals surface area contributed by atoms with Crippen LogP contribution >= 0.6 is 0 Å². The van der Waals surface area contributed by atoms with Crippen molar-refractivity contribution in [1.82, 2.24) is 4.90 Å². The van der Waals surface area contributed by atoms with E-state index in [9.17, 15) is 4.79 Å². The lowest BCUT2D eigenvalue weighted by Gasteiger charge is -2.17. The van der Waals surface area contributed by atoms with Crippen LogP contribution in [0.4, 0.5) is 0 Å². The second-order valence-electron chi connectivity index (χ2n) is 4.38. The van der Waals surface area contributed by atoms with Crippen LogP contribution in [0.25, 0.3) is 0 Å². The summed E-state index contributed by atoms with van der Waals surface area (Å²) in [6.07, 6.45) is 0.578. The number of methoxy groups -OCH3 is 1. The zero-order valence-corrected chi connectivity index (χ0v) is 11.8. The molecule has 0 fully saturated rings. The first-order chi connectivity index (χ1) is 8.62. The molecule has 1 aromatic carbocycles. The number of aryl methyl sites for hydroxylation is 1. The van der Waals surface area contributed by atoms with Gasteiger partial charge < -0.3 is 9.64 Å². The minimum absolute atomic E-state index is 0.210. The van der Waals surface area contributed by atoms with Gasteiger partial charge in [-0.2, -0.15) is 0 Å². The third kappa shape index (κ3) is 3.84. The van der Waals surface area contributed by atoms with Crippen molar-refractivity contribution in [1.29, 1.82) is 0 Å². The molecule has 0 saturated heterocycles. The number of benzene rings is 1. The highest BCUT2D eigenvalue weighted by Gasteiger charge is 2.11. The van der Waals surface area contributed by atoms with Crippen LogP contribution in [-0.4, -0.2) is 37.4 Å². The molecule has 0 aliphatic carbocycles. The molecule has 0 atom stereocenters.